The lowest BCUT2D eigenvalue weighted by molar-refractivity contribution is 0.419. The molecule has 0 saturated heterocycles. The van der Waals surface area contributed by atoms with E-state index in [-0.39, 0.29) is 0 Å². The first-order chi connectivity index (χ1) is 13.3. The zero-order valence-electron chi connectivity index (χ0n) is 15.5. The Morgan fingerprint density at radius 3 is 2.44 bits per heavy atom. The fourth-order valence-electron chi connectivity index (χ4n) is 3.85. The smallest absolute Gasteiger partial charge is 0.0879 e. The second-order valence-corrected chi connectivity index (χ2v) is 7.82. The first-order valence-corrected chi connectivity index (χ1v) is 10.3. The number of hydrogen-bond donors (Lipinski definition) is 2. The van der Waals surface area contributed by atoms with Crippen molar-refractivity contribution in [2.24, 2.45) is 4.99 Å². The monoisotopic (exact) mass is 379 g/mol. The van der Waals surface area contributed by atoms with Crippen molar-refractivity contribution in [2.45, 2.75) is 51.0 Å². The Labute approximate surface area is 166 Å². The fraction of sp³-hybridized carbons (Fsp3) is 0.348. The molecule has 2 aromatic rings. The van der Waals surface area contributed by atoms with E-state index < -0.39 is 0 Å². The van der Waals surface area contributed by atoms with E-state index >= 15 is 0 Å². The van der Waals surface area contributed by atoms with Gasteiger partial charge < -0.3 is 10.3 Å². The van der Waals surface area contributed by atoms with E-state index in [1.165, 1.54) is 44.9 Å². The maximum Gasteiger partial charge on any atom is 0.0879 e. The molecule has 1 aliphatic heterocycles. The zero-order valence-corrected chi connectivity index (χ0v) is 16.3. The lowest BCUT2D eigenvalue weighted by Crippen LogP contribution is -2.25. The average Bonchev–Trinajstić information content (AvgIpc) is 3.31. The molecule has 2 heterocycles. The quantitative estimate of drug-likeness (QED) is 0.662. The molecule has 0 spiro atoms. The number of nitrogens with one attached hydrogen (secondary N) is 2. The van der Waals surface area contributed by atoms with Gasteiger partial charge in [0.25, 0.3) is 0 Å². The summed E-state index contributed by atoms with van der Waals surface area (Å²) in [7, 11) is 0. The molecule has 27 heavy (non-hydrogen) atoms. The molecule has 0 unspecified atom stereocenters. The Morgan fingerprint density at radius 1 is 1.00 bits per heavy atom. The number of hydrogen-bond acceptors (Lipinski definition) is 2. The first-order valence-electron chi connectivity index (χ1n) is 9.96. The molecule has 4 heteroatoms. The van der Waals surface area contributed by atoms with Crippen molar-refractivity contribution >= 4 is 22.9 Å². The van der Waals surface area contributed by atoms with Crippen LogP contribution in [0.25, 0.3) is 5.57 Å². The molecule has 1 fully saturated rings. The summed E-state index contributed by atoms with van der Waals surface area (Å²) in [5.41, 5.74) is 5.26. The van der Waals surface area contributed by atoms with Crippen LogP contribution in [0.15, 0.2) is 65.6 Å². The highest BCUT2D eigenvalue weighted by molar-refractivity contribution is 6.30. The Balaban J connectivity index is 1.59. The predicted molar refractivity (Wildman–Crippen MR) is 114 cm³/mol. The summed E-state index contributed by atoms with van der Waals surface area (Å²) >= 11 is 6.08. The second-order valence-electron chi connectivity index (χ2n) is 7.38. The zero-order chi connectivity index (χ0) is 18.5. The molecule has 3 nitrogen and oxygen atoms in total. The topological polar surface area (TPSA) is 40.2 Å². The number of benzene rings is 1. The van der Waals surface area contributed by atoms with Crippen LogP contribution in [0.3, 0.4) is 0 Å². The number of aromatic nitrogens is 1. The van der Waals surface area contributed by atoms with Crippen LogP contribution in [0.5, 0.6) is 0 Å². The maximum absolute atomic E-state index is 6.08. The molecular formula is C23H26ClN3. The largest absolute Gasteiger partial charge is 0.386 e. The van der Waals surface area contributed by atoms with Crippen molar-refractivity contribution in [1.29, 1.82) is 0 Å². The summed E-state index contributed by atoms with van der Waals surface area (Å²) in [6.45, 7) is 0. The number of nitrogens with zero attached hydrogens (tertiary/aromatic N) is 1. The van der Waals surface area contributed by atoms with Crippen LogP contribution in [-0.4, -0.2) is 16.7 Å². The molecule has 2 aliphatic rings. The molecule has 0 atom stereocenters. The molecule has 0 radical (unpaired) electrons. The van der Waals surface area contributed by atoms with E-state index in [0.717, 1.165) is 33.3 Å². The third kappa shape index (κ3) is 4.54. The Bertz CT molecular complexity index is 836. The number of halogens is 1. The van der Waals surface area contributed by atoms with Gasteiger partial charge in [0.2, 0.25) is 0 Å². The van der Waals surface area contributed by atoms with Crippen LogP contribution < -0.4 is 5.32 Å². The van der Waals surface area contributed by atoms with Gasteiger partial charge >= 0.3 is 0 Å². The standard InChI is InChI=1S/C23H26ClN3/c24-18-12-10-17(11-13-18)20-15-22(21-9-6-14-25-21)27-23(20)16-26-19-7-4-2-1-3-5-8-19/h6,9-16,19,25-26H,1-5,7-8H2. The van der Waals surface area contributed by atoms with E-state index in [4.69, 9.17) is 16.6 Å². The summed E-state index contributed by atoms with van der Waals surface area (Å²) in [4.78, 5) is 8.15. The number of H-pyrrole nitrogens is 1. The summed E-state index contributed by atoms with van der Waals surface area (Å²) < 4.78 is 0. The molecule has 2 N–H and O–H groups in total. The summed E-state index contributed by atoms with van der Waals surface area (Å²) in [5, 5.41) is 4.41. The molecule has 1 saturated carbocycles. The SMILES string of the molecule is Clc1ccc(C2=CC(c3ccc[nH]3)=NC2=CNC2CCCCCCC2)cc1. The first kappa shape index (κ1) is 18.1. The third-order valence-corrected chi connectivity index (χ3v) is 5.64. The highest BCUT2D eigenvalue weighted by atomic mass is 35.5. The highest BCUT2D eigenvalue weighted by Gasteiger charge is 2.19. The van der Waals surface area contributed by atoms with Crippen molar-refractivity contribution in [3.8, 4) is 0 Å². The van der Waals surface area contributed by atoms with Gasteiger partial charge in [0.1, 0.15) is 0 Å². The van der Waals surface area contributed by atoms with Crippen LogP contribution in [0.1, 0.15) is 56.2 Å². The van der Waals surface area contributed by atoms with Gasteiger partial charge in [-0.3, -0.25) is 0 Å². The van der Waals surface area contributed by atoms with Gasteiger partial charge in [0, 0.05) is 29.0 Å². The van der Waals surface area contributed by atoms with Crippen LogP contribution in [0.4, 0.5) is 0 Å². The van der Waals surface area contributed by atoms with E-state index in [9.17, 15) is 0 Å². The number of aromatic amines is 1. The number of allylic oxidation sites excluding steroid dienone is 2. The Hall–Kier alpha value is -2.26. The van der Waals surface area contributed by atoms with Gasteiger partial charge in [-0.1, -0.05) is 55.8 Å². The van der Waals surface area contributed by atoms with Gasteiger partial charge in [0.15, 0.2) is 0 Å². The lowest BCUT2D eigenvalue weighted by Gasteiger charge is -2.20. The Morgan fingerprint density at radius 2 is 1.74 bits per heavy atom. The lowest BCUT2D eigenvalue weighted by atomic mass is 9.97. The molecular weight excluding hydrogens is 354 g/mol. The van der Waals surface area contributed by atoms with Gasteiger partial charge in [-0.25, -0.2) is 4.99 Å². The molecule has 4 rings (SSSR count). The highest BCUT2D eigenvalue weighted by Crippen LogP contribution is 2.31. The minimum atomic E-state index is 0.550. The van der Waals surface area contributed by atoms with E-state index in [1.54, 1.807) is 0 Å². The van der Waals surface area contributed by atoms with E-state index in [0.29, 0.717) is 6.04 Å². The van der Waals surface area contributed by atoms with Crippen LogP contribution in [0.2, 0.25) is 5.02 Å². The van der Waals surface area contributed by atoms with Gasteiger partial charge in [-0.2, -0.15) is 0 Å². The van der Waals surface area contributed by atoms with E-state index in [1.807, 2.05) is 24.4 Å². The van der Waals surface area contributed by atoms with Crippen molar-refractivity contribution in [3.63, 3.8) is 0 Å². The third-order valence-electron chi connectivity index (χ3n) is 5.39. The Kier molecular flexibility index (Phi) is 5.78. The predicted octanol–water partition coefficient (Wildman–Crippen LogP) is 6.10. The average molecular weight is 380 g/mol. The summed E-state index contributed by atoms with van der Waals surface area (Å²) in [5.74, 6) is 0. The summed E-state index contributed by atoms with van der Waals surface area (Å²) in [6, 6.07) is 12.6. The minimum absolute atomic E-state index is 0.550. The number of aliphatic imine (C=N–C) groups is 1. The molecule has 1 aromatic carbocycles. The minimum Gasteiger partial charge on any atom is -0.386 e. The normalized spacial score (nSPS) is 20.1. The van der Waals surface area contributed by atoms with Crippen LogP contribution >= 0.6 is 11.6 Å². The van der Waals surface area contributed by atoms with Crippen molar-refractivity contribution in [3.05, 3.63) is 76.8 Å². The van der Waals surface area contributed by atoms with Crippen LogP contribution in [-0.2, 0) is 0 Å². The second kappa shape index (κ2) is 8.62. The number of rotatable bonds is 4. The molecule has 0 bridgehead atoms. The van der Waals surface area contributed by atoms with Gasteiger partial charge in [-0.15, -0.1) is 0 Å². The maximum atomic E-state index is 6.08. The van der Waals surface area contributed by atoms with Crippen molar-refractivity contribution in [1.82, 2.24) is 10.3 Å². The fourth-order valence-corrected chi connectivity index (χ4v) is 3.98. The molecule has 1 aromatic heterocycles. The molecule has 140 valence electrons. The van der Waals surface area contributed by atoms with E-state index in [2.05, 4.69) is 40.8 Å². The van der Waals surface area contributed by atoms with Gasteiger partial charge in [-0.05, 0) is 48.7 Å². The van der Waals surface area contributed by atoms with Crippen molar-refractivity contribution < 1.29 is 0 Å². The summed E-state index contributed by atoms with van der Waals surface area (Å²) in [6.07, 6.45) is 15.4. The van der Waals surface area contributed by atoms with Gasteiger partial charge in [0.05, 0.1) is 17.1 Å². The molecule has 1 aliphatic carbocycles. The molecule has 0 amide bonds. The van der Waals surface area contributed by atoms with Crippen molar-refractivity contribution in [2.75, 3.05) is 0 Å². The van der Waals surface area contributed by atoms with Crippen LogP contribution in [0, 0.1) is 0 Å².